The Morgan fingerprint density at radius 3 is 3.25 bits per heavy atom. The van der Waals surface area contributed by atoms with E-state index in [1.165, 1.54) is 11.8 Å². The van der Waals surface area contributed by atoms with Crippen molar-refractivity contribution in [1.29, 1.82) is 0 Å². The summed E-state index contributed by atoms with van der Waals surface area (Å²) in [6.45, 7) is 0.828. The highest BCUT2D eigenvalue weighted by molar-refractivity contribution is 7.99. The maximum atomic E-state index is 11.0. The number of rotatable bonds is 1. The van der Waals surface area contributed by atoms with E-state index in [9.17, 15) is 9.59 Å². The summed E-state index contributed by atoms with van der Waals surface area (Å²) in [5.74, 6) is 0.925. The van der Waals surface area contributed by atoms with E-state index in [1.807, 2.05) is 4.57 Å². The van der Waals surface area contributed by atoms with Crippen molar-refractivity contribution >= 4 is 18.0 Å². The van der Waals surface area contributed by atoms with E-state index in [2.05, 4.69) is 4.98 Å². The van der Waals surface area contributed by atoms with Crippen molar-refractivity contribution in [2.24, 2.45) is 0 Å². The molecule has 2 heterocycles. The second kappa shape index (κ2) is 2.75. The van der Waals surface area contributed by atoms with E-state index < -0.39 is 5.56 Å². The van der Waals surface area contributed by atoms with Crippen molar-refractivity contribution in [2.75, 3.05) is 5.75 Å². The number of aryl methyl sites for hydroxylation is 1. The first kappa shape index (κ1) is 7.54. The van der Waals surface area contributed by atoms with E-state index in [1.54, 1.807) is 6.20 Å². The first-order valence-corrected chi connectivity index (χ1v) is 4.49. The molecule has 0 saturated carbocycles. The zero-order chi connectivity index (χ0) is 8.55. The summed E-state index contributed by atoms with van der Waals surface area (Å²) in [4.78, 5) is 25.2. The molecule has 0 radical (unpaired) electrons. The monoisotopic (exact) mass is 182 g/mol. The number of hydrogen-bond acceptors (Lipinski definition) is 4. The number of carbonyl (C=O) groups excluding carboxylic acids is 1. The van der Waals surface area contributed by atoms with Gasteiger partial charge in [0.25, 0.3) is 5.56 Å². The summed E-state index contributed by atoms with van der Waals surface area (Å²) in [6, 6.07) is 0. The maximum absolute atomic E-state index is 11.0. The average molecular weight is 182 g/mol. The van der Waals surface area contributed by atoms with Crippen LogP contribution in [0, 0.1) is 0 Å². The minimum absolute atomic E-state index is 0.140. The third kappa shape index (κ3) is 1.06. The van der Waals surface area contributed by atoms with Crippen LogP contribution in [-0.4, -0.2) is 21.6 Å². The third-order valence-corrected chi connectivity index (χ3v) is 2.65. The van der Waals surface area contributed by atoms with Gasteiger partial charge in [-0.15, -0.1) is 0 Å². The SMILES string of the molecule is O=Cc1cn2c(nc1=O)SCC2. The van der Waals surface area contributed by atoms with Gasteiger partial charge < -0.3 is 4.57 Å². The number of aldehydes is 1. The zero-order valence-electron chi connectivity index (χ0n) is 6.19. The lowest BCUT2D eigenvalue weighted by Crippen LogP contribution is -2.16. The Morgan fingerprint density at radius 2 is 2.50 bits per heavy atom. The minimum Gasteiger partial charge on any atom is -0.326 e. The molecule has 0 atom stereocenters. The highest BCUT2D eigenvalue weighted by atomic mass is 32.2. The number of thioether (sulfide) groups is 1. The van der Waals surface area contributed by atoms with Crippen molar-refractivity contribution in [3.05, 3.63) is 22.1 Å². The smallest absolute Gasteiger partial charge is 0.284 e. The highest BCUT2D eigenvalue weighted by Crippen LogP contribution is 2.20. The summed E-state index contributed by atoms with van der Waals surface area (Å²) in [7, 11) is 0. The van der Waals surface area contributed by atoms with Crippen molar-refractivity contribution in [2.45, 2.75) is 11.7 Å². The fourth-order valence-corrected chi connectivity index (χ4v) is 2.01. The molecule has 0 saturated heterocycles. The molecule has 0 spiro atoms. The van der Waals surface area contributed by atoms with Gasteiger partial charge in [-0.05, 0) is 0 Å². The van der Waals surface area contributed by atoms with E-state index >= 15 is 0 Å². The minimum atomic E-state index is -0.425. The summed E-state index contributed by atoms with van der Waals surface area (Å²) in [6.07, 6.45) is 2.11. The highest BCUT2D eigenvalue weighted by Gasteiger charge is 2.13. The van der Waals surface area contributed by atoms with Crippen molar-refractivity contribution in [1.82, 2.24) is 9.55 Å². The van der Waals surface area contributed by atoms with Crippen LogP contribution in [0.25, 0.3) is 0 Å². The topological polar surface area (TPSA) is 52.0 Å². The summed E-state index contributed by atoms with van der Waals surface area (Å²) >= 11 is 1.54. The van der Waals surface area contributed by atoms with Gasteiger partial charge in [-0.1, -0.05) is 11.8 Å². The second-order valence-corrected chi connectivity index (χ2v) is 3.51. The van der Waals surface area contributed by atoms with Gasteiger partial charge in [0, 0.05) is 18.5 Å². The lowest BCUT2D eigenvalue weighted by Gasteiger charge is -1.99. The number of fused-ring (bicyclic) bond motifs is 1. The van der Waals surface area contributed by atoms with E-state index in [0.29, 0.717) is 11.4 Å². The van der Waals surface area contributed by atoms with Crippen LogP contribution >= 0.6 is 11.8 Å². The predicted molar refractivity (Wildman–Crippen MR) is 44.6 cm³/mol. The van der Waals surface area contributed by atoms with Gasteiger partial charge in [-0.3, -0.25) is 9.59 Å². The van der Waals surface area contributed by atoms with Gasteiger partial charge in [-0.25, -0.2) is 0 Å². The fraction of sp³-hybridized carbons (Fsp3) is 0.286. The van der Waals surface area contributed by atoms with Crippen LogP contribution in [0.15, 0.2) is 16.1 Å². The largest absolute Gasteiger partial charge is 0.326 e. The van der Waals surface area contributed by atoms with Crippen LogP contribution in [0.4, 0.5) is 0 Å². The molecular formula is C7H6N2O2S. The Balaban J connectivity index is 2.64. The van der Waals surface area contributed by atoms with Gasteiger partial charge >= 0.3 is 0 Å². The van der Waals surface area contributed by atoms with Gasteiger partial charge in [-0.2, -0.15) is 4.98 Å². The maximum Gasteiger partial charge on any atom is 0.284 e. The van der Waals surface area contributed by atoms with Gasteiger partial charge in [0.15, 0.2) is 11.4 Å². The molecule has 0 aromatic carbocycles. The molecule has 5 heteroatoms. The van der Waals surface area contributed by atoms with E-state index in [-0.39, 0.29) is 5.56 Å². The average Bonchev–Trinajstić information content (AvgIpc) is 2.49. The lowest BCUT2D eigenvalue weighted by molar-refractivity contribution is 0.112. The molecule has 62 valence electrons. The summed E-state index contributed by atoms with van der Waals surface area (Å²) in [5.41, 5.74) is -0.285. The Kier molecular flexibility index (Phi) is 1.73. The Labute approximate surface area is 72.6 Å². The summed E-state index contributed by atoms with van der Waals surface area (Å²) in [5, 5.41) is 0.714. The number of nitrogens with zero attached hydrogens (tertiary/aromatic N) is 2. The molecule has 0 fully saturated rings. The first-order chi connectivity index (χ1) is 5.81. The van der Waals surface area contributed by atoms with Crippen LogP contribution in [0.1, 0.15) is 10.4 Å². The molecule has 12 heavy (non-hydrogen) atoms. The van der Waals surface area contributed by atoms with Crippen LogP contribution in [-0.2, 0) is 6.54 Å². The van der Waals surface area contributed by atoms with Crippen LogP contribution < -0.4 is 5.56 Å². The van der Waals surface area contributed by atoms with Crippen LogP contribution in [0.5, 0.6) is 0 Å². The van der Waals surface area contributed by atoms with Crippen LogP contribution in [0.3, 0.4) is 0 Å². The van der Waals surface area contributed by atoms with Crippen molar-refractivity contribution in [3.63, 3.8) is 0 Å². The third-order valence-electron chi connectivity index (χ3n) is 1.68. The quantitative estimate of drug-likeness (QED) is 0.458. The molecule has 1 aliphatic rings. The van der Waals surface area contributed by atoms with E-state index in [0.717, 1.165) is 12.3 Å². The number of carbonyl (C=O) groups is 1. The molecule has 4 nitrogen and oxygen atoms in total. The molecule has 1 aromatic rings. The Hall–Kier alpha value is -1.10. The summed E-state index contributed by atoms with van der Waals surface area (Å²) < 4.78 is 1.83. The molecule has 0 amide bonds. The lowest BCUT2D eigenvalue weighted by atomic mass is 10.4. The van der Waals surface area contributed by atoms with E-state index in [4.69, 9.17) is 0 Å². The van der Waals surface area contributed by atoms with Crippen molar-refractivity contribution < 1.29 is 4.79 Å². The van der Waals surface area contributed by atoms with Gasteiger partial charge in [0.05, 0.1) is 5.56 Å². The standard InChI is InChI=1S/C7H6N2O2S/c10-4-5-3-9-1-2-12-7(9)8-6(5)11/h3-4H,1-2H2. The zero-order valence-corrected chi connectivity index (χ0v) is 7.00. The first-order valence-electron chi connectivity index (χ1n) is 3.51. The molecular weight excluding hydrogens is 176 g/mol. The van der Waals surface area contributed by atoms with Gasteiger partial charge in [0.2, 0.25) is 0 Å². The molecule has 0 aliphatic carbocycles. The van der Waals surface area contributed by atoms with Crippen LogP contribution in [0.2, 0.25) is 0 Å². The van der Waals surface area contributed by atoms with Crippen molar-refractivity contribution in [3.8, 4) is 0 Å². The molecule has 0 bridgehead atoms. The number of aromatic nitrogens is 2. The fourth-order valence-electron chi connectivity index (χ4n) is 1.09. The molecule has 2 rings (SSSR count). The molecule has 1 aromatic heterocycles. The molecule has 1 aliphatic heterocycles. The Morgan fingerprint density at radius 1 is 1.67 bits per heavy atom. The number of hydrogen-bond donors (Lipinski definition) is 0. The Bertz CT molecular complexity index is 385. The second-order valence-electron chi connectivity index (χ2n) is 2.44. The van der Waals surface area contributed by atoms with Gasteiger partial charge in [0.1, 0.15) is 0 Å². The predicted octanol–water partition coefficient (Wildman–Crippen LogP) is 0.161. The normalized spacial score (nSPS) is 14.3. The molecule has 0 unspecified atom stereocenters. The molecule has 0 N–H and O–H groups in total.